The SMILES string of the molecule is CC(C)[C@H](NC(=O)[C@H](CCC(=O)O)NC(=O)[C@H](CC(=O)O)NC(=O)Cn1cc(CCCF)nn1)C(=O)N[C@@H](CC(=O)O)C(=O)N[C@@H](C)C(=O)NCC1O[C@H](CO)C(O)C(O)[C@H]1O. The maximum absolute atomic E-state index is 13.6. The van der Waals surface area contributed by atoms with Gasteiger partial charge in [-0.05, 0) is 32.1 Å². The van der Waals surface area contributed by atoms with E-state index in [2.05, 4.69) is 42.2 Å². The van der Waals surface area contributed by atoms with Crippen LogP contribution in [0.15, 0.2) is 6.20 Å². The molecule has 27 heteroatoms. The molecule has 2 heterocycles. The Balaban J connectivity index is 2.16. The first kappa shape index (κ1) is 52.2. The van der Waals surface area contributed by atoms with Crippen molar-refractivity contribution in [1.82, 2.24) is 46.9 Å². The molecule has 1 saturated heterocycles. The summed E-state index contributed by atoms with van der Waals surface area (Å²) in [5.74, 6) is -11.9. The zero-order valence-corrected chi connectivity index (χ0v) is 33.9. The van der Waals surface area contributed by atoms with Gasteiger partial charge in [0.05, 0.1) is 31.8 Å². The molecule has 10 atom stereocenters. The van der Waals surface area contributed by atoms with Crippen LogP contribution in [-0.2, 0) is 60.9 Å². The summed E-state index contributed by atoms with van der Waals surface area (Å²) < 4.78 is 18.9. The van der Waals surface area contributed by atoms with Crippen LogP contribution in [0.3, 0.4) is 0 Å². The average molecular weight is 892 g/mol. The molecule has 1 aliphatic heterocycles. The Morgan fingerprint density at radius 2 is 1.31 bits per heavy atom. The van der Waals surface area contributed by atoms with E-state index >= 15 is 0 Å². The number of aliphatic carboxylic acids is 3. The number of carbonyl (C=O) groups excluding carboxylic acids is 6. The lowest BCUT2D eigenvalue weighted by Crippen LogP contribution is -2.62. The van der Waals surface area contributed by atoms with Crippen LogP contribution in [-0.4, -0.2) is 185 Å². The highest BCUT2D eigenvalue weighted by molar-refractivity contribution is 5.98. The summed E-state index contributed by atoms with van der Waals surface area (Å²) in [4.78, 5) is 114. The minimum absolute atomic E-state index is 0.150. The number of ether oxygens (including phenoxy) is 1. The van der Waals surface area contributed by atoms with Crippen molar-refractivity contribution in [2.24, 2.45) is 5.92 Å². The van der Waals surface area contributed by atoms with Gasteiger partial charge in [0, 0.05) is 19.2 Å². The van der Waals surface area contributed by atoms with Crippen molar-refractivity contribution >= 4 is 53.4 Å². The maximum atomic E-state index is 13.6. The molecule has 1 aromatic rings. The van der Waals surface area contributed by atoms with E-state index in [1.54, 1.807) is 0 Å². The van der Waals surface area contributed by atoms with Crippen molar-refractivity contribution in [3.05, 3.63) is 11.9 Å². The molecule has 6 amide bonds. The Bertz CT molecular complexity index is 1750. The summed E-state index contributed by atoms with van der Waals surface area (Å²) in [6, 6.07) is -8.42. The molecule has 0 bridgehead atoms. The molecule has 1 fully saturated rings. The molecular weight excluding hydrogens is 837 g/mol. The first-order chi connectivity index (χ1) is 29.1. The molecule has 0 spiro atoms. The number of nitrogens with one attached hydrogen (secondary N) is 6. The highest BCUT2D eigenvalue weighted by Crippen LogP contribution is 2.20. The second-order valence-electron chi connectivity index (χ2n) is 14.6. The maximum Gasteiger partial charge on any atom is 0.305 e. The van der Waals surface area contributed by atoms with E-state index in [1.807, 2.05) is 0 Å². The fourth-order valence-corrected chi connectivity index (χ4v) is 5.87. The monoisotopic (exact) mass is 891 g/mol. The molecule has 0 aromatic carbocycles. The van der Waals surface area contributed by atoms with Crippen molar-refractivity contribution in [3.8, 4) is 0 Å². The van der Waals surface area contributed by atoms with Crippen LogP contribution in [0.25, 0.3) is 0 Å². The summed E-state index contributed by atoms with van der Waals surface area (Å²) in [5.41, 5.74) is 0.362. The van der Waals surface area contributed by atoms with Gasteiger partial charge in [-0.15, -0.1) is 5.10 Å². The summed E-state index contributed by atoms with van der Waals surface area (Å²) in [6.07, 6.45) is -9.25. The number of carboxylic acid groups (broad SMARTS) is 3. The third-order valence-corrected chi connectivity index (χ3v) is 9.25. The predicted octanol–water partition coefficient (Wildman–Crippen LogP) is -5.95. The number of amides is 6. The van der Waals surface area contributed by atoms with Gasteiger partial charge >= 0.3 is 17.9 Å². The van der Waals surface area contributed by atoms with Gasteiger partial charge < -0.3 is 72.4 Å². The number of aliphatic hydroxyl groups is 4. The molecule has 0 aliphatic carbocycles. The zero-order chi connectivity index (χ0) is 46.8. The first-order valence-electron chi connectivity index (χ1n) is 19.3. The van der Waals surface area contributed by atoms with Gasteiger partial charge in [0.15, 0.2) is 0 Å². The van der Waals surface area contributed by atoms with Gasteiger partial charge in [0.1, 0.15) is 67.3 Å². The minimum atomic E-state index is -1.86. The Labute approximate surface area is 352 Å². The van der Waals surface area contributed by atoms with Gasteiger partial charge in [-0.2, -0.15) is 0 Å². The zero-order valence-electron chi connectivity index (χ0n) is 33.9. The molecule has 0 radical (unpaired) electrons. The van der Waals surface area contributed by atoms with Crippen LogP contribution in [0.2, 0.25) is 0 Å². The Hall–Kier alpha value is -5.90. The van der Waals surface area contributed by atoms with Crippen LogP contribution in [0.5, 0.6) is 0 Å². The van der Waals surface area contributed by atoms with Crippen molar-refractivity contribution in [2.75, 3.05) is 19.8 Å². The third-order valence-electron chi connectivity index (χ3n) is 9.25. The number of alkyl halides is 1. The van der Waals surface area contributed by atoms with Gasteiger partial charge in [0.2, 0.25) is 35.4 Å². The molecule has 62 heavy (non-hydrogen) atoms. The van der Waals surface area contributed by atoms with Gasteiger partial charge in [-0.3, -0.25) is 47.5 Å². The predicted molar refractivity (Wildman–Crippen MR) is 203 cm³/mol. The molecule has 348 valence electrons. The molecular formula is C35H54FN9O17. The smallest absolute Gasteiger partial charge is 0.305 e. The molecule has 0 saturated carbocycles. The number of hydrogen-bond acceptors (Lipinski definition) is 16. The molecule has 2 rings (SSSR count). The Kier molecular flexibility index (Phi) is 21.2. The standard InChI is InChI=1S/C35H54FN9O17/c1-15(2)27(35(61)41-20(10-26(52)53)33(59)38-16(3)31(57)37-11-21-28(54)30(56)29(55)22(14-46)62-21)42-32(58)18(6-7-24(48)49)40-34(60)19(9-25(50)51)39-23(47)13-45-12-17(43-44-45)5-4-8-36/h12,15-16,18-22,27-30,46,54-56H,4-11,13-14H2,1-3H3,(H,37,57)(H,38,59)(H,39,47)(H,40,60)(H,41,61)(H,42,58)(H,48,49)(H,50,51)(H,52,53)/t16-,18-,19-,20-,21?,22+,27-,28-,29?,30?/m0/s1. The van der Waals surface area contributed by atoms with Crippen molar-refractivity contribution in [3.63, 3.8) is 0 Å². The van der Waals surface area contributed by atoms with Gasteiger partial charge in [0.25, 0.3) is 0 Å². The number of aromatic nitrogens is 3. The third kappa shape index (κ3) is 16.9. The number of aliphatic hydroxyl groups excluding tert-OH is 4. The van der Waals surface area contributed by atoms with Crippen molar-refractivity contribution < 1.29 is 88.0 Å². The molecule has 1 aliphatic rings. The van der Waals surface area contributed by atoms with Gasteiger partial charge in [-0.1, -0.05) is 19.1 Å². The second kappa shape index (κ2) is 25.1. The highest BCUT2D eigenvalue weighted by atomic mass is 19.1. The van der Waals surface area contributed by atoms with E-state index in [0.29, 0.717) is 5.69 Å². The van der Waals surface area contributed by atoms with Crippen molar-refractivity contribution in [1.29, 1.82) is 0 Å². The fraction of sp³-hybridized carbons (Fsp3) is 0.686. The topological polar surface area (TPSA) is 407 Å². The lowest BCUT2D eigenvalue weighted by Gasteiger charge is -2.40. The van der Waals surface area contributed by atoms with E-state index in [0.717, 1.165) is 4.68 Å². The molecule has 3 unspecified atom stereocenters. The summed E-state index contributed by atoms with van der Waals surface area (Å²) >= 11 is 0. The first-order valence-corrected chi connectivity index (χ1v) is 19.3. The van der Waals surface area contributed by atoms with Crippen LogP contribution in [0.4, 0.5) is 4.39 Å². The van der Waals surface area contributed by atoms with Gasteiger partial charge in [-0.25, -0.2) is 4.68 Å². The van der Waals surface area contributed by atoms with Crippen LogP contribution >= 0.6 is 0 Å². The lowest BCUT2D eigenvalue weighted by molar-refractivity contribution is -0.227. The summed E-state index contributed by atoms with van der Waals surface area (Å²) in [6.45, 7) is 1.69. The normalized spacial score (nSPS) is 21.0. The Morgan fingerprint density at radius 3 is 1.87 bits per heavy atom. The average Bonchev–Trinajstić information content (AvgIpc) is 3.64. The van der Waals surface area contributed by atoms with Crippen LogP contribution in [0, 0.1) is 5.92 Å². The fourth-order valence-electron chi connectivity index (χ4n) is 5.87. The number of halogens is 1. The van der Waals surface area contributed by atoms with E-state index in [1.165, 1.54) is 27.0 Å². The summed E-state index contributed by atoms with van der Waals surface area (Å²) in [5, 5.41) is 88.6. The number of hydrogen-bond donors (Lipinski definition) is 13. The number of rotatable bonds is 26. The highest BCUT2D eigenvalue weighted by Gasteiger charge is 2.43. The van der Waals surface area contributed by atoms with E-state index in [4.69, 9.17) is 4.74 Å². The van der Waals surface area contributed by atoms with E-state index in [-0.39, 0.29) is 12.8 Å². The summed E-state index contributed by atoms with van der Waals surface area (Å²) in [7, 11) is 0. The second-order valence-corrected chi connectivity index (χ2v) is 14.6. The quantitative estimate of drug-likeness (QED) is 0.0412. The minimum Gasteiger partial charge on any atom is -0.481 e. The Morgan fingerprint density at radius 1 is 0.742 bits per heavy atom. The molecule has 13 N–H and O–H groups in total. The lowest BCUT2D eigenvalue weighted by atomic mass is 9.95. The number of nitrogens with zero attached hydrogens (tertiary/aromatic N) is 3. The van der Waals surface area contributed by atoms with Crippen LogP contribution < -0.4 is 31.9 Å². The van der Waals surface area contributed by atoms with Crippen LogP contribution in [0.1, 0.15) is 58.6 Å². The van der Waals surface area contributed by atoms with E-state index in [9.17, 15) is 83.3 Å². The van der Waals surface area contributed by atoms with E-state index < -0.39 is 172 Å². The number of carbonyl (C=O) groups is 9. The number of aryl methyl sites for hydroxylation is 1. The number of carboxylic acids is 3. The largest absolute Gasteiger partial charge is 0.481 e. The molecule has 26 nitrogen and oxygen atoms in total. The van der Waals surface area contributed by atoms with Crippen molar-refractivity contribution in [2.45, 2.75) is 127 Å². The molecule has 1 aromatic heterocycles.